The summed E-state index contributed by atoms with van der Waals surface area (Å²) in [5, 5.41) is 2.83. The third-order valence-corrected chi connectivity index (χ3v) is 8.94. The van der Waals surface area contributed by atoms with Gasteiger partial charge in [-0.05, 0) is 54.3 Å². The molecule has 1 saturated heterocycles. The van der Waals surface area contributed by atoms with Crippen LogP contribution >= 0.6 is 0 Å². The Morgan fingerprint density at radius 3 is 2.06 bits per heavy atom. The van der Waals surface area contributed by atoms with E-state index in [0.717, 1.165) is 32.1 Å². The highest BCUT2D eigenvalue weighted by molar-refractivity contribution is 6.37. The van der Waals surface area contributed by atoms with Crippen molar-refractivity contribution in [3.05, 3.63) is 0 Å². The van der Waals surface area contributed by atoms with Gasteiger partial charge in [-0.1, -0.05) is 60.3 Å². The maximum absolute atomic E-state index is 13.6. The number of ketones is 1. The molecule has 0 spiro atoms. The fourth-order valence-corrected chi connectivity index (χ4v) is 5.88. The van der Waals surface area contributed by atoms with E-state index in [1.54, 1.807) is 4.90 Å². The number of nitrogens with two attached hydrogens (primary N) is 2. The standard InChI is InChI=1S/C26H44N4O4/c1-15(2)26(17-10-7-11-17)13-19(30(14-26)24(34)21(27)25(3,4)5)23(33)29-18(20(31)22(28)32)12-16-8-6-9-16/h15-19,21H,6-14,27H2,1-5H3,(H2,28,32)(H,29,33)/t18?,19-,21+,26+/m0/s1. The van der Waals surface area contributed by atoms with Crippen molar-refractivity contribution in [1.82, 2.24) is 10.2 Å². The minimum Gasteiger partial charge on any atom is -0.363 e. The van der Waals surface area contributed by atoms with Gasteiger partial charge >= 0.3 is 0 Å². The summed E-state index contributed by atoms with van der Waals surface area (Å²) in [6, 6.07) is -2.40. The molecule has 8 nitrogen and oxygen atoms in total. The van der Waals surface area contributed by atoms with Crippen molar-refractivity contribution in [2.75, 3.05) is 6.54 Å². The zero-order valence-electron chi connectivity index (χ0n) is 21.6. The van der Waals surface area contributed by atoms with Crippen molar-refractivity contribution < 1.29 is 19.2 Å². The van der Waals surface area contributed by atoms with E-state index in [-0.39, 0.29) is 23.1 Å². The lowest BCUT2D eigenvalue weighted by Crippen LogP contribution is -2.57. The van der Waals surface area contributed by atoms with Gasteiger partial charge in [-0.2, -0.15) is 0 Å². The van der Waals surface area contributed by atoms with Crippen LogP contribution in [-0.4, -0.2) is 53.1 Å². The van der Waals surface area contributed by atoms with E-state index in [9.17, 15) is 19.2 Å². The molecule has 1 unspecified atom stereocenters. The molecule has 2 saturated carbocycles. The van der Waals surface area contributed by atoms with Crippen LogP contribution in [-0.2, 0) is 19.2 Å². The number of hydrogen-bond donors (Lipinski definition) is 3. The fourth-order valence-electron chi connectivity index (χ4n) is 5.88. The number of carbonyl (C=O) groups is 4. The van der Waals surface area contributed by atoms with Crippen molar-refractivity contribution in [3.63, 3.8) is 0 Å². The first-order chi connectivity index (χ1) is 15.8. The van der Waals surface area contributed by atoms with E-state index in [2.05, 4.69) is 19.2 Å². The van der Waals surface area contributed by atoms with E-state index in [1.165, 1.54) is 6.42 Å². The van der Waals surface area contributed by atoms with Crippen LogP contribution in [0.5, 0.6) is 0 Å². The Labute approximate surface area is 203 Å². The number of carbonyl (C=O) groups excluding carboxylic acids is 4. The molecule has 3 amide bonds. The Hall–Kier alpha value is -1.96. The van der Waals surface area contributed by atoms with Gasteiger partial charge in [-0.3, -0.25) is 19.2 Å². The summed E-state index contributed by atoms with van der Waals surface area (Å²) in [4.78, 5) is 53.1. The topological polar surface area (TPSA) is 136 Å². The Bertz CT molecular complexity index is 812. The number of Topliss-reactive ketones (excluding diaryl/α,β-unsaturated/α-hetero) is 1. The number of primary amides is 1. The van der Waals surface area contributed by atoms with Gasteiger partial charge in [0.2, 0.25) is 17.6 Å². The van der Waals surface area contributed by atoms with Gasteiger partial charge in [-0.25, -0.2) is 0 Å². The Kier molecular flexibility index (Phi) is 7.80. The molecule has 0 bridgehead atoms. The lowest BCUT2D eigenvalue weighted by Gasteiger charge is -2.46. The van der Waals surface area contributed by atoms with Crippen LogP contribution in [0, 0.1) is 28.6 Å². The average Bonchev–Trinajstić information content (AvgIpc) is 3.07. The summed E-state index contributed by atoms with van der Waals surface area (Å²) >= 11 is 0. The molecular weight excluding hydrogens is 432 g/mol. The Morgan fingerprint density at radius 1 is 1.06 bits per heavy atom. The zero-order valence-corrected chi connectivity index (χ0v) is 21.6. The summed E-state index contributed by atoms with van der Waals surface area (Å²) in [5.41, 5.74) is 11.0. The molecule has 5 N–H and O–H groups in total. The highest BCUT2D eigenvalue weighted by Gasteiger charge is 2.56. The first-order valence-electron chi connectivity index (χ1n) is 13.0. The van der Waals surface area contributed by atoms with Crippen LogP contribution in [0.15, 0.2) is 0 Å². The van der Waals surface area contributed by atoms with Crippen LogP contribution < -0.4 is 16.8 Å². The summed E-state index contributed by atoms with van der Waals surface area (Å²) in [6.07, 6.45) is 7.37. The number of nitrogens with one attached hydrogen (secondary N) is 1. The van der Waals surface area contributed by atoms with E-state index in [1.807, 2.05) is 20.8 Å². The van der Waals surface area contributed by atoms with Crippen LogP contribution in [0.25, 0.3) is 0 Å². The van der Waals surface area contributed by atoms with Crippen LogP contribution in [0.4, 0.5) is 0 Å². The molecule has 3 fully saturated rings. The van der Waals surface area contributed by atoms with Gasteiger partial charge in [0.25, 0.3) is 5.91 Å². The molecular formula is C26H44N4O4. The molecule has 192 valence electrons. The van der Waals surface area contributed by atoms with Gasteiger partial charge in [0, 0.05) is 6.54 Å². The highest BCUT2D eigenvalue weighted by atomic mass is 16.2. The quantitative estimate of drug-likeness (QED) is 0.438. The van der Waals surface area contributed by atoms with E-state index in [0.29, 0.717) is 31.2 Å². The molecule has 4 atom stereocenters. The van der Waals surface area contributed by atoms with Gasteiger partial charge in [0.1, 0.15) is 6.04 Å². The normalized spacial score (nSPS) is 27.6. The molecule has 3 aliphatic rings. The minimum absolute atomic E-state index is 0.162. The van der Waals surface area contributed by atoms with Crippen LogP contribution in [0.3, 0.4) is 0 Å². The van der Waals surface area contributed by atoms with Crippen molar-refractivity contribution in [3.8, 4) is 0 Å². The van der Waals surface area contributed by atoms with E-state index >= 15 is 0 Å². The fraction of sp³-hybridized carbons (Fsp3) is 0.846. The molecule has 0 radical (unpaired) electrons. The molecule has 0 aromatic carbocycles. The summed E-state index contributed by atoms with van der Waals surface area (Å²) in [5.74, 6) is -1.36. The number of likely N-dealkylation sites (tertiary alicyclic amines) is 1. The predicted molar refractivity (Wildman–Crippen MR) is 130 cm³/mol. The Balaban J connectivity index is 1.88. The first-order valence-corrected chi connectivity index (χ1v) is 13.0. The molecule has 3 rings (SSSR count). The second-order valence-corrected chi connectivity index (χ2v) is 12.4. The third-order valence-electron chi connectivity index (χ3n) is 8.94. The number of rotatable bonds is 9. The summed E-state index contributed by atoms with van der Waals surface area (Å²) in [7, 11) is 0. The molecule has 8 heteroatoms. The first kappa shape index (κ1) is 26.6. The van der Waals surface area contributed by atoms with Gasteiger partial charge < -0.3 is 21.7 Å². The molecule has 34 heavy (non-hydrogen) atoms. The van der Waals surface area contributed by atoms with E-state index in [4.69, 9.17) is 11.5 Å². The lowest BCUT2D eigenvalue weighted by molar-refractivity contribution is -0.143. The third kappa shape index (κ3) is 5.16. The molecule has 0 aromatic heterocycles. The van der Waals surface area contributed by atoms with Gasteiger partial charge in [0.05, 0.1) is 12.1 Å². The van der Waals surface area contributed by atoms with Crippen LogP contribution in [0.1, 0.15) is 86.0 Å². The zero-order chi connectivity index (χ0) is 25.4. The molecule has 1 heterocycles. The largest absolute Gasteiger partial charge is 0.363 e. The maximum atomic E-state index is 13.6. The monoisotopic (exact) mass is 476 g/mol. The van der Waals surface area contributed by atoms with Crippen molar-refractivity contribution in [2.45, 2.75) is 104 Å². The minimum atomic E-state index is -1.04. The van der Waals surface area contributed by atoms with Crippen molar-refractivity contribution in [1.29, 1.82) is 0 Å². The Morgan fingerprint density at radius 2 is 1.65 bits per heavy atom. The maximum Gasteiger partial charge on any atom is 0.287 e. The van der Waals surface area contributed by atoms with Crippen LogP contribution in [0.2, 0.25) is 0 Å². The highest BCUT2D eigenvalue weighted by Crippen LogP contribution is 2.54. The number of amides is 3. The van der Waals surface area contributed by atoms with Gasteiger partial charge in [-0.15, -0.1) is 0 Å². The van der Waals surface area contributed by atoms with E-state index < -0.39 is 35.2 Å². The summed E-state index contributed by atoms with van der Waals surface area (Å²) < 4.78 is 0. The lowest BCUT2D eigenvalue weighted by atomic mass is 9.59. The average molecular weight is 477 g/mol. The molecule has 1 aliphatic heterocycles. The number of hydrogen-bond acceptors (Lipinski definition) is 5. The predicted octanol–water partition coefficient (Wildman–Crippen LogP) is 2.13. The van der Waals surface area contributed by atoms with Crippen molar-refractivity contribution >= 4 is 23.5 Å². The second kappa shape index (κ2) is 9.96. The molecule has 0 aromatic rings. The number of nitrogens with zero attached hydrogens (tertiary/aromatic N) is 1. The smallest absolute Gasteiger partial charge is 0.287 e. The molecule has 2 aliphatic carbocycles. The van der Waals surface area contributed by atoms with Crippen molar-refractivity contribution in [2.24, 2.45) is 40.1 Å². The van der Waals surface area contributed by atoms with Gasteiger partial charge in [0.15, 0.2) is 0 Å². The second-order valence-electron chi connectivity index (χ2n) is 12.4. The SMILES string of the molecule is CC(C)[C@@]1(C2CCC2)C[C@@H](C(=O)NC(CC2CCC2)C(=O)C(N)=O)N(C(=O)[C@@H](N)C(C)(C)C)C1. The summed E-state index contributed by atoms with van der Waals surface area (Å²) in [6.45, 7) is 10.6.